The highest BCUT2D eigenvalue weighted by Crippen LogP contribution is 2.25. The number of benzene rings is 1. The molecule has 0 aliphatic heterocycles. The van der Waals surface area contributed by atoms with Crippen LogP contribution in [0.5, 0.6) is 0 Å². The molecule has 0 bridgehead atoms. The van der Waals surface area contributed by atoms with Gasteiger partial charge in [-0.05, 0) is 32.0 Å². The number of rotatable bonds is 5. The number of nitrogens with one attached hydrogen (secondary N) is 1. The summed E-state index contributed by atoms with van der Waals surface area (Å²) in [6.45, 7) is 1.33. The SMILES string of the molecule is CN(CCNc1ccc(C#N)c(F)c1F)C1CC1. The lowest BCUT2D eigenvalue weighted by Crippen LogP contribution is -2.27. The number of nitriles is 1. The smallest absolute Gasteiger partial charge is 0.183 e. The first-order valence-corrected chi connectivity index (χ1v) is 5.95. The molecule has 1 fully saturated rings. The summed E-state index contributed by atoms with van der Waals surface area (Å²) in [5, 5.41) is 11.4. The molecule has 0 unspecified atom stereocenters. The Morgan fingerprint density at radius 2 is 2.11 bits per heavy atom. The largest absolute Gasteiger partial charge is 0.381 e. The zero-order chi connectivity index (χ0) is 13.1. The average Bonchev–Trinajstić information content (AvgIpc) is 3.19. The van der Waals surface area contributed by atoms with E-state index in [9.17, 15) is 8.78 Å². The molecule has 1 saturated carbocycles. The lowest BCUT2D eigenvalue weighted by Gasteiger charge is -2.16. The van der Waals surface area contributed by atoms with E-state index in [4.69, 9.17) is 5.26 Å². The summed E-state index contributed by atoms with van der Waals surface area (Å²) in [6.07, 6.45) is 2.44. The van der Waals surface area contributed by atoms with Gasteiger partial charge in [0, 0.05) is 19.1 Å². The van der Waals surface area contributed by atoms with Gasteiger partial charge in [0.15, 0.2) is 11.6 Å². The Morgan fingerprint density at radius 1 is 1.39 bits per heavy atom. The first-order valence-electron chi connectivity index (χ1n) is 5.95. The fraction of sp³-hybridized carbons (Fsp3) is 0.462. The maximum absolute atomic E-state index is 13.5. The van der Waals surface area contributed by atoms with Crippen LogP contribution in [0.15, 0.2) is 12.1 Å². The topological polar surface area (TPSA) is 39.1 Å². The van der Waals surface area contributed by atoms with Gasteiger partial charge in [-0.15, -0.1) is 0 Å². The molecule has 0 heterocycles. The fourth-order valence-corrected chi connectivity index (χ4v) is 1.84. The van der Waals surface area contributed by atoms with Crippen molar-refractivity contribution in [3.63, 3.8) is 0 Å². The van der Waals surface area contributed by atoms with Gasteiger partial charge >= 0.3 is 0 Å². The Labute approximate surface area is 105 Å². The van der Waals surface area contributed by atoms with E-state index in [1.165, 1.54) is 25.0 Å². The van der Waals surface area contributed by atoms with Crippen molar-refractivity contribution in [2.24, 2.45) is 0 Å². The molecule has 1 aromatic rings. The molecular formula is C13H15F2N3. The molecular weight excluding hydrogens is 236 g/mol. The van der Waals surface area contributed by atoms with Crippen LogP contribution >= 0.6 is 0 Å². The number of halogens is 2. The number of anilines is 1. The second kappa shape index (κ2) is 5.32. The van der Waals surface area contributed by atoms with Crippen LogP contribution in [0.3, 0.4) is 0 Å². The monoisotopic (exact) mass is 251 g/mol. The van der Waals surface area contributed by atoms with Crippen molar-refractivity contribution in [2.45, 2.75) is 18.9 Å². The summed E-state index contributed by atoms with van der Waals surface area (Å²) >= 11 is 0. The van der Waals surface area contributed by atoms with Crippen LogP contribution in [0.1, 0.15) is 18.4 Å². The number of nitrogens with zero attached hydrogens (tertiary/aromatic N) is 2. The highest BCUT2D eigenvalue weighted by atomic mass is 19.2. The Balaban J connectivity index is 1.93. The fourth-order valence-electron chi connectivity index (χ4n) is 1.84. The van der Waals surface area contributed by atoms with Gasteiger partial charge in [0.25, 0.3) is 0 Å². The van der Waals surface area contributed by atoms with Crippen LogP contribution in [-0.4, -0.2) is 31.1 Å². The molecule has 0 aromatic heterocycles. The Hall–Kier alpha value is -1.67. The minimum Gasteiger partial charge on any atom is -0.381 e. The highest BCUT2D eigenvalue weighted by molar-refractivity contribution is 5.49. The molecule has 96 valence electrons. The van der Waals surface area contributed by atoms with Crippen molar-refractivity contribution >= 4 is 5.69 Å². The van der Waals surface area contributed by atoms with Crippen molar-refractivity contribution in [3.8, 4) is 6.07 Å². The Bertz CT molecular complexity index is 478. The maximum Gasteiger partial charge on any atom is 0.183 e. The highest BCUT2D eigenvalue weighted by Gasteiger charge is 2.25. The number of likely N-dealkylation sites (N-methyl/N-ethyl adjacent to an activating group) is 1. The van der Waals surface area contributed by atoms with E-state index in [1.807, 2.05) is 7.05 Å². The van der Waals surface area contributed by atoms with Crippen LogP contribution < -0.4 is 5.32 Å². The zero-order valence-corrected chi connectivity index (χ0v) is 10.2. The van der Waals surface area contributed by atoms with E-state index < -0.39 is 11.6 Å². The average molecular weight is 251 g/mol. The quantitative estimate of drug-likeness (QED) is 0.873. The number of hydrogen-bond acceptors (Lipinski definition) is 3. The Morgan fingerprint density at radius 3 is 2.72 bits per heavy atom. The molecule has 0 amide bonds. The molecule has 1 N–H and O–H groups in total. The summed E-state index contributed by atoms with van der Waals surface area (Å²) in [4.78, 5) is 2.20. The molecule has 0 saturated heterocycles. The van der Waals surface area contributed by atoms with Crippen LogP contribution in [0.25, 0.3) is 0 Å². The van der Waals surface area contributed by atoms with Gasteiger partial charge in [0.1, 0.15) is 6.07 Å². The first-order chi connectivity index (χ1) is 8.63. The third kappa shape index (κ3) is 2.77. The third-order valence-corrected chi connectivity index (χ3v) is 3.15. The van der Waals surface area contributed by atoms with E-state index in [2.05, 4.69) is 10.2 Å². The van der Waals surface area contributed by atoms with Crippen molar-refractivity contribution in [3.05, 3.63) is 29.3 Å². The summed E-state index contributed by atoms with van der Waals surface area (Å²) in [6, 6.07) is 4.94. The van der Waals surface area contributed by atoms with Crippen molar-refractivity contribution in [1.29, 1.82) is 5.26 Å². The van der Waals surface area contributed by atoms with Crippen LogP contribution in [0, 0.1) is 23.0 Å². The summed E-state index contributed by atoms with van der Waals surface area (Å²) in [5.74, 6) is -2.07. The minimum absolute atomic E-state index is 0.107. The predicted molar refractivity (Wildman–Crippen MR) is 65.2 cm³/mol. The first kappa shape index (κ1) is 12.8. The van der Waals surface area contributed by atoms with Crippen molar-refractivity contribution in [2.75, 3.05) is 25.5 Å². The molecule has 1 aliphatic carbocycles. The van der Waals surface area contributed by atoms with Gasteiger partial charge in [-0.25, -0.2) is 8.78 Å². The van der Waals surface area contributed by atoms with Crippen molar-refractivity contribution in [1.82, 2.24) is 4.90 Å². The molecule has 2 rings (SSSR count). The molecule has 5 heteroatoms. The second-order valence-corrected chi connectivity index (χ2v) is 4.54. The van der Waals surface area contributed by atoms with E-state index in [0.29, 0.717) is 12.6 Å². The van der Waals surface area contributed by atoms with Crippen LogP contribution in [0.2, 0.25) is 0 Å². The van der Waals surface area contributed by atoms with E-state index >= 15 is 0 Å². The van der Waals surface area contributed by atoms with Gasteiger partial charge in [0.2, 0.25) is 0 Å². The zero-order valence-electron chi connectivity index (χ0n) is 10.2. The standard InChI is InChI=1S/C13H15F2N3/c1-18(10-3-4-10)7-6-17-11-5-2-9(8-16)12(14)13(11)15/h2,5,10,17H,3-4,6-7H2,1H3. The summed E-state index contributed by atoms with van der Waals surface area (Å²) in [5.41, 5.74) is -0.163. The summed E-state index contributed by atoms with van der Waals surface area (Å²) < 4.78 is 26.9. The molecule has 18 heavy (non-hydrogen) atoms. The molecule has 3 nitrogen and oxygen atoms in total. The van der Waals surface area contributed by atoms with Gasteiger partial charge in [-0.2, -0.15) is 5.26 Å². The van der Waals surface area contributed by atoms with E-state index in [0.717, 1.165) is 6.54 Å². The molecule has 0 spiro atoms. The van der Waals surface area contributed by atoms with Gasteiger partial charge in [0.05, 0.1) is 11.3 Å². The maximum atomic E-state index is 13.5. The lowest BCUT2D eigenvalue weighted by molar-refractivity contribution is 0.337. The molecule has 1 aliphatic rings. The lowest BCUT2D eigenvalue weighted by atomic mass is 10.2. The van der Waals surface area contributed by atoms with E-state index in [1.54, 1.807) is 6.07 Å². The van der Waals surface area contributed by atoms with Gasteiger partial charge in [-0.3, -0.25) is 0 Å². The minimum atomic E-state index is -1.09. The van der Waals surface area contributed by atoms with Crippen molar-refractivity contribution < 1.29 is 8.78 Å². The van der Waals surface area contributed by atoms with Crippen LogP contribution in [0.4, 0.5) is 14.5 Å². The molecule has 1 aromatic carbocycles. The normalized spacial score (nSPS) is 14.6. The predicted octanol–water partition coefficient (Wildman–Crippen LogP) is 2.34. The van der Waals surface area contributed by atoms with E-state index in [-0.39, 0.29) is 11.3 Å². The van der Waals surface area contributed by atoms with Crippen LogP contribution in [-0.2, 0) is 0 Å². The molecule has 0 radical (unpaired) electrons. The van der Waals surface area contributed by atoms with Gasteiger partial charge < -0.3 is 10.2 Å². The second-order valence-electron chi connectivity index (χ2n) is 4.54. The number of hydrogen-bond donors (Lipinski definition) is 1. The third-order valence-electron chi connectivity index (χ3n) is 3.15. The molecule has 0 atom stereocenters. The summed E-state index contributed by atoms with van der Waals surface area (Å²) in [7, 11) is 2.02. The Kier molecular flexibility index (Phi) is 3.78. The van der Waals surface area contributed by atoms with Gasteiger partial charge in [-0.1, -0.05) is 0 Å².